The summed E-state index contributed by atoms with van der Waals surface area (Å²) in [6.45, 7) is 11.9. The Morgan fingerprint density at radius 1 is 0.420 bits per heavy atom. The summed E-state index contributed by atoms with van der Waals surface area (Å²) >= 11 is -1.65. The van der Waals surface area contributed by atoms with Crippen LogP contribution in [-0.4, -0.2) is 9.52 Å². The zero-order chi connectivity index (χ0) is 48.9. The molecule has 2 aliphatic carbocycles. The minimum atomic E-state index is -0.826. The van der Waals surface area contributed by atoms with Crippen LogP contribution in [0.5, 0.6) is 0 Å². The average molecular weight is 1170 g/mol. The molecule has 0 N–H and O–H groups in total. The van der Waals surface area contributed by atoms with E-state index in [9.17, 15) is 0 Å². The Hall–Kier alpha value is -1.80. The van der Waals surface area contributed by atoms with Gasteiger partial charge in [0.15, 0.2) is 0 Å². The SMILES string of the molecule is CC1(Cc2cc3c(-c4cccc5ccccc45)cccc3[cH-]2)CCCCCCCC1.CC1(Cc2cc3c(-c4cccc5ccccc45)cccc3[cH-]2)CCCCCCCC1.[CH2-][Si][CH2-].[Cl][Zr+2][Cl].[Cl][Zr+2][Cl]. The third-order valence-corrected chi connectivity index (χ3v) is 14.7. The van der Waals surface area contributed by atoms with Crippen molar-refractivity contribution in [2.75, 3.05) is 0 Å². The van der Waals surface area contributed by atoms with E-state index in [0.717, 1.165) is 0 Å². The second kappa shape index (κ2) is 29.8. The van der Waals surface area contributed by atoms with Crippen LogP contribution in [0.15, 0.2) is 146 Å². The molecule has 0 aliphatic heterocycles. The molecule has 2 aliphatic rings. The first-order valence-electron chi connectivity index (χ1n) is 25.2. The van der Waals surface area contributed by atoms with Gasteiger partial charge in [-0.05, 0) is 82.0 Å². The van der Waals surface area contributed by atoms with Crippen LogP contribution in [0, 0.1) is 23.9 Å². The van der Waals surface area contributed by atoms with E-state index >= 15 is 0 Å². The fourth-order valence-corrected chi connectivity index (χ4v) is 11.4. The van der Waals surface area contributed by atoms with Crippen molar-refractivity contribution in [3.05, 3.63) is 170 Å². The predicted molar refractivity (Wildman–Crippen MR) is 302 cm³/mol. The Bertz CT molecular complexity index is 2530. The number of fused-ring (bicyclic) bond motifs is 4. The molecule has 69 heavy (non-hydrogen) atoms. The van der Waals surface area contributed by atoms with E-state index in [-0.39, 0.29) is 0 Å². The maximum atomic E-state index is 4.93. The fourth-order valence-electron chi connectivity index (χ4n) is 11.4. The summed E-state index contributed by atoms with van der Waals surface area (Å²) in [5.41, 5.74) is 9.40. The summed E-state index contributed by atoms with van der Waals surface area (Å²) in [5, 5.41) is 10.9. The van der Waals surface area contributed by atoms with Gasteiger partial charge < -0.3 is 22.6 Å². The van der Waals surface area contributed by atoms with Crippen LogP contribution in [0.3, 0.4) is 0 Å². The minimum absolute atomic E-state index is 0.453. The first-order valence-corrected chi connectivity index (χ1v) is 39.3. The molecule has 8 aromatic carbocycles. The molecule has 0 unspecified atom stereocenters. The van der Waals surface area contributed by atoms with Gasteiger partial charge in [0.25, 0.3) is 0 Å². The molecule has 8 aromatic rings. The Kier molecular flexibility index (Phi) is 24.4. The van der Waals surface area contributed by atoms with E-state index in [4.69, 9.17) is 34.1 Å². The average Bonchev–Trinajstić information content (AvgIpc) is 4.01. The third-order valence-electron chi connectivity index (χ3n) is 14.7. The summed E-state index contributed by atoms with van der Waals surface area (Å²) in [6.07, 6.45) is 25.0. The van der Waals surface area contributed by atoms with E-state index < -0.39 is 41.7 Å². The first kappa shape index (κ1) is 56.5. The summed E-state index contributed by atoms with van der Waals surface area (Å²) in [4.78, 5) is 0. The summed E-state index contributed by atoms with van der Waals surface area (Å²) in [5.74, 6) is 0. The molecule has 0 amide bonds. The standard InChI is InChI=1S/2C30H33.C2H4Si.4ClH.2Zr/c2*1-30(18-8-4-2-3-5-9-19-30)22-23-20-25-14-11-17-28(29(25)21-23)27-16-10-13-24-12-6-7-15-26(24)27;1-3-2;;;;;;/h2*6-7,10-17,20-21H,2-5,8-9,18-19,22H2,1H3;1-2H2;4*1H;;/q2*-1;-2;;;;;2*+4/p-4. The summed E-state index contributed by atoms with van der Waals surface area (Å²) < 4.78 is 0. The van der Waals surface area contributed by atoms with Gasteiger partial charge in [-0.2, -0.15) is 12.1 Å². The van der Waals surface area contributed by atoms with Gasteiger partial charge in [-0.1, -0.05) is 199 Å². The molecule has 0 nitrogen and oxygen atoms in total. The topological polar surface area (TPSA) is 0 Å². The van der Waals surface area contributed by atoms with Crippen molar-refractivity contribution in [2.24, 2.45) is 10.8 Å². The normalized spacial score (nSPS) is 15.8. The number of halogens is 4. The molecule has 2 saturated carbocycles. The van der Waals surface area contributed by atoms with Gasteiger partial charge in [0, 0.05) is 0 Å². The molecule has 0 aromatic heterocycles. The van der Waals surface area contributed by atoms with Crippen LogP contribution in [0.25, 0.3) is 65.3 Å². The molecular formula is C62H70Cl4SiZr2. The number of hydrogen-bond donors (Lipinski definition) is 0. The summed E-state index contributed by atoms with van der Waals surface area (Å²) in [7, 11) is 20.3. The Morgan fingerprint density at radius 2 is 0.696 bits per heavy atom. The first-order chi connectivity index (χ1) is 33.7. The summed E-state index contributed by atoms with van der Waals surface area (Å²) in [6, 6.07) is 54.4. The third kappa shape index (κ3) is 16.6. The van der Waals surface area contributed by atoms with Gasteiger partial charge in [-0.25, -0.2) is 0 Å². The fraction of sp³-hybridized carbons (Fsp3) is 0.355. The van der Waals surface area contributed by atoms with Crippen molar-refractivity contribution in [3.63, 3.8) is 0 Å². The van der Waals surface area contributed by atoms with Crippen LogP contribution in [0.1, 0.15) is 128 Å². The van der Waals surface area contributed by atoms with Crippen molar-refractivity contribution in [1.29, 1.82) is 0 Å². The zero-order valence-electron chi connectivity index (χ0n) is 41.0. The van der Waals surface area contributed by atoms with Crippen LogP contribution < -0.4 is 0 Å². The van der Waals surface area contributed by atoms with Gasteiger partial charge >= 0.3 is 75.7 Å². The molecule has 0 heterocycles. The van der Waals surface area contributed by atoms with Gasteiger partial charge in [-0.3, -0.25) is 0 Å². The Labute approximate surface area is 455 Å². The van der Waals surface area contributed by atoms with Gasteiger partial charge in [0.05, 0.1) is 0 Å². The number of hydrogen-bond acceptors (Lipinski definition) is 0. The van der Waals surface area contributed by atoms with E-state index in [2.05, 4.69) is 173 Å². The van der Waals surface area contributed by atoms with E-state index in [1.54, 1.807) is 0 Å². The molecule has 7 heteroatoms. The second-order valence-corrected chi connectivity index (χ2v) is 28.0. The molecule has 0 atom stereocenters. The predicted octanol–water partition coefficient (Wildman–Crippen LogP) is 21.2. The molecule has 0 saturated heterocycles. The molecule has 0 bridgehead atoms. The molecule has 358 valence electrons. The monoisotopic (exact) mass is 1160 g/mol. The quantitative estimate of drug-likeness (QED) is 0.115. The maximum absolute atomic E-state index is 4.93. The zero-order valence-corrected chi connectivity index (χ0v) is 50.0. The van der Waals surface area contributed by atoms with Crippen LogP contribution in [0.2, 0.25) is 0 Å². The van der Waals surface area contributed by atoms with Gasteiger partial charge in [0.2, 0.25) is 0 Å². The molecule has 2 radical (unpaired) electrons. The van der Waals surface area contributed by atoms with Gasteiger partial charge in [-0.15, -0.1) is 69.1 Å². The molecule has 2 fully saturated rings. The van der Waals surface area contributed by atoms with Crippen molar-refractivity contribution >= 4 is 86.7 Å². The Balaban J connectivity index is 0.000000194. The van der Waals surface area contributed by atoms with Crippen LogP contribution in [0.4, 0.5) is 0 Å². The molecular weight excluding hydrogens is 1100 g/mol. The molecule has 10 rings (SSSR count). The van der Waals surface area contributed by atoms with Crippen LogP contribution >= 0.6 is 34.1 Å². The van der Waals surface area contributed by atoms with Crippen molar-refractivity contribution in [2.45, 2.75) is 129 Å². The van der Waals surface area contributed by atoms with E-state index in [1.165, 1.54) is 192 Å². The van der Waals surface area contributed by atoms with Gasteiger partial charge in [0.1, 0.15) is 0 Å². The second-order valence-electron chi connectivity index (χ2n) is 20.0. The number of rotatable bonds is 6. The number of benzene rings is 6. The Morgan fingerprint density at radius 3 is 1.04 bits per heavy atom. The van der Waals surface area contributed by atoms with E-state index in [0.29, 0.717) is 20.3 Å². The van der Waals surface area contributed by atoms with Crippen molar-refractivity contribution < 1.29 is 41.7 Å². The molecule has 0 spiro atoms. The van der Waals surface area contributed by atoms with Crippen molar-refractivity contribution in [1.82, 2.24) is 0 Å². The van der Waals surface area contributed by atoms with Crippen molar-refractivity contribution in [3.8, 4) is 22.3 Å². The van der Waals surface area contributed by atoms with E-state index in [1.807, 2.05) is 0 Å². The van der Waals surface area contributed by atoms with Crippen LogP contribution in [-0.2, 0) is 54.5 Å².